The molecule has 1 N–H and O–H groups in total. The summed E-state index contributed by atoms with van der Waals surface area (Å²) in [6.07, 6.45) is -3.43. The van der Waals surface area contributed by atoms with Crippen LogP contribution in [-0.2, 0) is 17.4 Å². The monoisotopic (exact) mass is 266 g/mol. The molecule has 0 fully saturated rings. The van der Waals surface area contributed by atoms with Crippen LogP contribution >= 0.6 is 11.6 Å². The molecule has 3 nitrogen and oxygen atoms in total. The van der Waals surface area contributed by atoms with E-state index >= 15 is 0 Å². The van der Waals surface area contributed by atoms with Crippen LogP contribution in [0.4, 0.5) is 13.2 Å². The van der Waals surface area contributed by atoms with E-state index in [-0.39, 0.29) is 23.9 Å². The number of pyridine rings is 1. The maximum absolute atomic E-state index is 12.3. The summed E-state index contributed by atoms with van der Waals surface area (Å²) in [4.78, 5) is 14.2. The zero-order valence-electron chi connectivity index (χ0n) is 8.94. The summed E-state index contributed by atoms with van der Waals surface area (Å²) in [6, 6.07) is 0.831. The molecule has 0 unspecified atom stereocenters. The van der Waals surface area contributed by atoms with Gasteiger partial charge in [0, 0.05) is 26.1 Å². The van der Waals surface area contributed by atoms with Gasteiger partial charge in [0.15, 0.2) is 0 Å². The molecular weight excluding hydrogens is 257 g/mol. The van der Waals surface area contributed by atoms with Crippen LogP contribution in [0.2, 0.25) is 5.02 Å². The Balaban J connectivity index is 2.73. The fraction of sp³-hybridized carbons (Fsp3) is 0.400. The minimum Gasteiger partial charge on any atom is -0.356 e. The molecule has 1 heterocycles. The maximum Gasteiger partial charge on any atom is 0.417 e. The molecule has 0 radical (unpaired) electrons. The summed E-state index contributed by atoms with van der Waals surface area (Å²) in [6.45, 7) is 1.63. The van der Waals surface area contributed by atoms with Gasteiger partial charge in [0.25, 0.3) is 0 Å². The first kappa shape index (κ1) is 13.8. The Hall–Kier alpha value is -1.30. The molecule has 0 atom stereocenters. The number of nitrogens with zero attached hydrogens (tertiary/aromatic N) is 1. The Kier molecular flexibility index (Phi) is 4.34. The number of hydrogen-bond acceptors (Lipinski definition) is 2. The summed E-state index contributed by atoms with van der Waals surface area (Å²) < 4.78 is 36.9. The van der Waals surface area contributed by atoms with E-state index in [1.807, 2.05) is 0 Å². The molecule has 7 heteroatoms. The molecule has 17 heavy (non-hydrogen) atoms. The van der Waals surface area contributed by atoms with E-state index in [0.29, 0.717) is 5.69 Å². The van der Waals surface area contributed by atoms with Gasteiger partial charge < -0.3 is 5.32 Å². The predicted molar refractivity (Wildman–Crippen MR) is 56.6 cm³/mol. The third-order valence-electron chi connectivity index (χ3n) is 1.98. The molecule has 0 aliphatic heterocycles. The summed E-state index contributed by atoms with van der Waals surface area (Å²) in [5, 5.41) is 2.46. The van der Waals surface area contributed by atoms with Crippen molar-refractivity contribution in [1.82, 2.24) is 10.3 Å². The highest BCUT2D eigenvalue weighted by Gasteiger charge is 2.31. The van der Waals surface area contributed by atoms with Gasteiger partial charge in [0.05, 0.1) is 16.3 Å². The Bertz CT molecular complexity index is 421. The average molecular weight is 267 g/mol. The zero-order chi connectivity index (χ0) is 13.1. The molecule has 0 spiro atoms. The molecular formula is C10H10ClF3N2O. The van der Waals surface area contributed by atoms with Crippen LogP contribution < -0.4 is 5.32 Å². The molecule has 0 aromatic carbocycles. The zero-order valence-corrected chi connectivity index (χ0v) is 9.69. The molecule has 0 aliphatic carbocycles. The van der Waals surface area contributed by atoms with Crippen molar-refractivity contribution in [2.45, 2.75) is 19.5 Å². The number of alkyl halides is 3. The molecule has 94 valence electrons. The molecule has 1 aromatic heterocycles. The van der Waals surface area contributed by atoms with Crippen molar-refractivity contribution in [3.05, 3.63) is 28.5 Å². The van der Waals surface area contributed by atoms with E-state index in [1.165, 1.54) is 6.92 Å². The highest BCUT2D eigenvalue weighted by Crippen LogP contribution is 2.30. The van der Waals surface area contributed by atoms with Gasteiger partial charge in [-0.3, -0.25) is 9.78 Å². The number of aromatic nitrogens is 1. The second kappa shape index (κ2) is 5.35. The number of carbonyl (C=O) groups is 1. The smallest absolute Gasteiger partial charge is 0.356 e. The van der Waals surface area contributed by atoms with Crippen molar-refractivity contribution in [2.75, 3.05) is 6.54 Å². The lowest BCUT2D eigenvalue weighted by Crippen LogP contribution is -2.22. The van der Waals surface area contributed by atoms with Gasteiger partial charge in [0.1, 0.15) is 0 Å². The minimum atomic E-state index is -4.45. The topological polar surface area (TPSA) is 42.0 Å². The second-order valence-corrected chi connectivity index (χ2v) is 3.79. The number of rotatable bonds is 3. The number of halogens is 4. The number of carbonyl (C=O) groups excluding carboxylic acids is 1. The molecule has 1 amide bonds. The first-order valence-corrected chi connectivity index (χ1v) is 5.14. The first-order valence-electron chi connectivity index (χ1n) is 4.76. The van der Waals surface area contributed by atoms with Gasteiger partial charge in [-0.25, -0.2) is 0 Å². The normalized spacial score (nSPS) is 11.4. The maximum atomic E-state index is 12.3. The van der Waals surface area contributed by atoms with E-state index in [0.717, 1.165) is 12.3 Å². The molecule has 0 bridgehead atoms. The summed E-state index contributed by atoms with van der Waals surface area (Å²) in [5.41, 5.74) is -0.556. The molecule has 0 aliphatic rings. The highest BCUT2D eigenvalue weighted by molar-refractivity contribution is 6.31. The fourth-order valence-corrected chi connectivity index (χ4v) is 1.42. The van der Waals surface area contributed by atoms with Crippen molar-refractivity contribution in [3.8, 4) is 0 Å². The lowest BCUT2D eigenvalue weighted by atomic mass is 10.2. The average Bonchev–Trinajstić information content (AvgIpc) is 2.18. The van der Waals surface area contributed by atoms with Gasteiger partial charge in [0.2, 0.25) is 5.91 Å². The van der Waals surface area contributed by atoms with Crippen LogP contribution in [0.25, 0.3) is 0 Å². The fourth-order valence-electron chi connectivity index (χ4n) is 1.16. The predicted octanol–water partition coefficient (Wildman–Crippen LogP) is 2.43. The van der Waals surface area contributed by atoms with Crippen molar-refractivity contribution >= 4 is 17.5 Å². The van der Waals surface area contributed by atoms with Gasteiger partial charge in [-0.1, -0.05) is 11.6 Å². The largest absolute Gasteiger partial charge is 0.417 e. The van der Waals surface area contributed by atoms with E-state index in [4.69, 9.17) is 11.6 Å². The van der Waals surface area contributed by atoms with E-state index < -0.39 is 11.7 Å². The lowest BCUT2D eigenvalue weighted by molar-refractivity contribution is -0.137. The number of amides is 1. The molecule has 0 saturated heterocycles. The standard InChI is InChI=1S/C10H10ClF3N2O/c1-6(17)15-3-2-9-8(11)4-7(5-16-9)10(12,13)14/h4-5H,2-3H2,1H3,(H,15,17). The van der Waals surface area contributed by atoms with Gasteiger partial charge >= 0.3 is 6.18 Å². The van der Waals surface area contributed by atoms with E-state index in [2.05, 4.69) is 10.3 Å². The molecule has 0 saturated carbocycles. The second-order valence-electron chi connectivity index (χ2n) is 3.38. The number of hydrogen-bond donors (Lipinski definition) is 1. The summed E-state index contributed by atoms with van der Waals surface area (Å²) in [7, 11) is 0. The summed E-state index contributed by atoms with van der Waals surface area (Å²) >= 11 is 5.68. The van der Waals surface area contributed by atoms with Crippen LogP contribution in [-0.4, -0.2) is 17.4 Å². The SMILES string of the molecule is CC(=O)NCCc1ncc(C(F)(F)F)cc1Cl. The molecule has 1 aromatic rings. The Morgan fingerprint density at radius 1 is 1.53 bits per heavy atom. The first-order chi connectivity index (χ1) is 7.80. The van der Waals surface area contributed by atoms with E-state index in [9.17, 15) is 18.0 Å². The van der Waals surface area contributed by atoms with Gasteiger partial charge in [-0.15, -0.1) is 0 Å². The third-order valence-corrected chi connectivity index (χ3v) is 2.31. The van der Waals surface area contributed by atoms with Crippen molar-refractivity contribution in [1.29, 1.82) is 0 Å². The van der Waals surface area contributed by atoms with Crippen LogP contribution in [0.15, 0.2) is 12.3 Å². The quantitative estimate of drug-likeness (QED) is 0.913. The Morgan fingerprint density at radius 2 is 2.18 bits per heavy atom. The Labute approximate surface area is 101 Å². The third kappa shape index (κ3) is 4.22. The van der Waals surface area contributed by atoms with Crippen molar-refractivity contribution < 1.29 is 18.0 Å². The number of nitrogens with one attached hydrogen (secondary N) is 1. The van der Waals surface area contributed by atoms with Crippen LogP contribution in [0.5, 0.6) is 0 Å². The summed E-state index contributed by atoms with van der Waals surface area (Å²) in [5.74, 6) is -0.215. The lowest BCUT2D eigenvalue weighted by Gasteiger charge is -2.09. The van der Waals surface area contributed by atoms with Gasteiger partial charge in [-0.05, 0) is 6.07 Å². The van der Waals surface area contributed by atoms with Crippen molar-refractivity contribution in [3.63, 3.8) is 0 Å². The van der Waals surface area contributed by atoms with Crippen LogP contribution in [0, 0.1) is 0 Å². The van der Waals surface area contributed by atoms with Crippen LogP contribution in [0.3, 0.4) is 0 Å². The minimum absolute atomic E-state index is 0.0508. The van der Waals surface area contributed by atoms with Crippen LogP contribution in [0.1, 0.15) is 18.2 Å². The Morgan fingerprint density at radius 3 is 2.65 bits per heavy atom. The highest BCUT2D eigenvalue weighted by atomic mass is 35.5. The van der Waals surface area contributed by atoms with E-state index in [1.54, 1.807) is 0 Å². The van der Waals surface area contributed by atoms with Gasteiger partial charge in [-0.2, -0.15) is 13.2 Å². The van der Waals surface area contributed by atoms with Crippen molar-refractivity contribution in [2.24, 2.45) is 0 Å². The molecule has 1 rings (SSSR count).